The quantitative estimate of drug-likeness (QED) is 0.695. The first-order valence-electron chi connectivity index (χ1n) is 9.60. The van der Waals surface area contributed by atoms with Crippen molar-refractivity contribution in [2.45, 2.75) is 69.7 Å². The lowest BCUT2D eigenvalue weighted by atomic mass is 9.98. The van der Waals surface area contributed by atoms with E-state index in [1.54, 1.807) is 0 Å². The number of pyridine rings is 1. The number of nitrogens with zero attached hydrogens (tertiary/aromatic N) is 4. The van der Waals surface area contributed by atoms with E-state index >= 15 is 0 Å². The second kappa shape index (κ2) is 6.87. The molecule has 0 atom stereocenters. The van der Waals surface area contributed by atoms with Crippen LogP contribution in [0, 0.1) is 0 Å². The number of aryl methyl sites for hydroxylation is 1. The second-order valence-corrected chi connectivity index (χ2v) is 7.71. The third-order valence-electron chi connectivity index (χ3n) is 5.62. The molecule has 0 spiro atoms. The lowest BCUT2D eigenvalue weighted by Gasteiger charge is -2.17. The van der Waals surface area contributed by atoms with Crippen LogP contribution in [-0.2, 0) is 12.0 Å². The minimum Gasteiger partial charge on any atom is -0.336 e. The maximum absolute atomic E-state index is 6.50. The fourth-order valence-electron chi connectivity index (χ4n) is 3.96. The largest absolute Gasteiger partial charge is 0.336 e. The van der Waals surface area contributed by atoms with E-state index in [0.29, 0.717) is 23.3 Å². The van der Waals surface area contributed by atoms with Crippen LogP contribution in [0.25, 0.3) is 22.6 Å². The fraction of sp³-hybridized carbons (Fsp3) is 0.579. The van der Waals surface area contributed by atoms with Gasteiger partial charge in [-0.1, -0.05) is 36.5 Å². The van der Waals surface area contributed by atoms with Gasteiger partial charge in [0.2, 0.25) is 0 Å². The molecule has 0 unspecified atom stereocenters. The topological polar surface area (TPSA) is 104 Å². The molecule has 3 aromatic heterocycles. The van der Waals surface area contributed by atoms with Crippen molar-refractivity contribution in [1.82, 2.24) is 20.3 Å². The minimum absolute atomic E-state index is 0. The Kier molecular flexibility index (Phi) is 4.68. The molecule has 3 aromatic rings. The van der Waals surface area contributed by atoms with Gasteiger partial charge >= 0.3 is 0 Å². The smallest absolute Gasteiger partial charge is 0.259 e. The summed E-state index contributed by atoms with van der Waals surface area (Å²) in [5.41, 5.74) is 9.40. The molecule has 2 aliphatic rings. The Labute approximate surface area is 163 Å². The molecular formula is C19H24ClN5O2. The Morgan fingerprint density at radius 3 is 2.63 bits per heavy atom. The molecule has 0 saturated heterocycles. The molecule has 5 rings (SSSR count). The summed E-state index contributed by atoms with van der Waals surface area (Å²) >= 11 is 0. The number of aromatic nitrogens is 4. The highest BCUT2D eigenvalue weighted by Gasteiger charge is 2.37. The summed E-state index contributed by atoms with van der Waals surface area (Å²) < 4.78 is 11.2. The number of hydrogen-bond acceptors (Lipinski definition) is 7. The van der Waals surface area contributed by atoms with Gasteiger partial charge in [-0.25, -0.2) is 4.98 Å². The van der Waals surface area contributed by atoms with Crippen molar-refractivity contribution < 1.29 is 9.05 Å². The molecule has 0 amide bonds. The number of rotatable bonds is 5. The van der Waals surface area contributed by atoms with Crippen molar-refractivity contribution in [3.05, 3.63) is 23.3 Å². The molecule has 0 radical (unpaired) electrons. The first-order valence-corrected chi connectivity index (χ1v) is 9.60. The lowest BCUT2D eigenvalue weighted by Crippen LogP contribution is -2.34. The van der Waals surface area contributed by atoms with Crippen LogP contribution >= 0.6 is 12.4 Å². The van der Waals surface area contributed by atoms with E-state index in [0.717, 1.165) is 73.7 Å². The van der Waals surface area contributed by atoms with E-state index < -0.39 is 5.54 Å². The molecule has 2 N–H and O–H groups in total. The number of fused-ring (bicyclic) bond motifs is 1. The fourth-order valence-corrected chi connectivity index (χ4v) is 3.96. The van der Waals surface area contributed by atoms with Crippen molar-refractivity contribution in [2.75, 3.05) is 0 Å². The molecule has 7 nitrogen and oxygen atoms in total. The zero-order valence-electron chi connectivity index (χ0n) is 15.4. The summed E-state index contributed by atoms with van der Waals surface area (Å²) in [7, 11) is 0. The Balaban J connectivity index is 0.00000180. The van der Waals surface area contributed by atoms with E-state index in [2.05, 4.69) is 33.3 Å². The van der Waals surface area contributed by atoms with Crippen LogP contribution < -0.4 is 5.73 Å². The highest BCUT2D eigenvalue weighted by molar-refractivity contribution is 5.91. The van der Waals surface area contributed by atoms with Gasteiger partial charge in [0.1, 0.15) is 0 Å². The molecule has 2 saturated carbocycles. The van der Waals surface area contributed by atoms with Gasteiger partial charge in [0.15, 0.2) is 5.82 Å². The predicted molar refractivity (Wildman–Crippen MR) is 103 cm³/mol. The van der Waals surface area contributed by atoms with Crippen molar-refractivity contribution in [1.29, 1.82) is 0 Å². The molecular weight excluding hydrogens is 366 g/mol. The van der Waals surface area contributed by atoms with E-state index in [1.807, 2.05) is 0 Å². The SMILES string of the molecule is CCCc1noc2nc(C3CC3)cc(-c3nc(C4(N)CCCC4)no3)c12.Cl. The Bertz CT molecular complexity index is 956. The van der Waals surface area contributed by atoms with Crippen LogP contribution in [0.1, 0.15) is 75.0 Å². The van der Waals surface area contributed by atoms with Crippen molar-refractivity contribution in [3.8, 4) is 11.5 Å². The molecule has 0 aliphatic heterocycles. The van der Waals surface area contributed by atoms with Gasteiger partial charge in [0.25, 0.3) is 11.6 Å². The first kappa shape index (κ1) is 18.4. The van der Waals surface area contributed by atoms with E-state index in [1.165, 1.54) is 0 Å². The zero-order chi connectivity index (χ0) is 17.7. The van der Waals surface area contributed by atoms with Crippen LogP contribution in [0.15, 0.2) is 15.1 Å². The van der Waals surface area contributed by atoms with Crippen molar-refractivity contribution >= 4 is 23.5 Å². The van der Waals surface area contributed by atoms with Crippen LogP contribution in [0.3, 0.4) is 0 Å². The van der Waals surface area contributed by atoms with Gasteiger partial charge in [-0.05, 0) is 38.2 Å². The van der Waals surface area contributed by atoms with E-state index in [4.69, 9.17) is 14.8 Å². The van der Waals surface area contributed by atoms with Gasteiger partial charge in [-0.15, -0.1) is 12.4 Å². The molecule has 144 valence electrons. The second-order valence-electron chi connectivity index (χ2n) is 7.71. The predicted octanol–water partition coefficient (Wildman–Crippen LogP) is 4.25. The maximum Gasteiger partial charge on any atom is 0.259 e. The zero-order valence-corrected chi connectivity index (χ0v) is 16.2. The van der Waals surface area contributed by atoms with Gasteiger partial charge in [0.05, 0.1) is 22.2 Å². The third-order valence-corrected chi connectivity index (χ3v) is 5.62. The van der Waals surface area contributed by atoms with E-state index in [9.17, 15) is 0 Å². The monoisotopic (exact) mass is 389 g/mol. The summed E-state index contributed by atoms with van der Waals surface area (Å²) in [6.07, 6.45) is 8.15. The standard InChI is InChI=1S/C19H23N5O2.ClH/c1-2-5-13-15-12(10-14(11-6-7-11)21-17(15)26-23-13)16-22-18(24-25-16)19(20)8-3-4-9-19;/h10-11H,2-9,20H2,1H3;1H. The molecule has 8 heteroatoms. The molecule has 3 heterocycles. The Hall–Kier alpha value is -1.99. The summed E-state index contributed by atoms with van der Waals surface area (Å²) in [6.45, 7) is 2.12. The van der Waals surface area contributed by atoms with Crippen LogP contribution in [0.5, 0.6) is 0 Å². The van der Waals surface area contributed by atoms with E-state index in [-0.39, 0.29) is 12.4 Å². The van der Waals surface area contributed by atoms with Crippen LogP contribution in [0.4, 0.5) is 0 Å². The van der Waals surface area contributed by atoms with Gasteiger partial charge in [-0.2, -0.15) is 4.98 Å². The summed E-state index contributed by atoms with van der Waals surface area (Å²) in [4.78, 5) is 9.37. The molecule has 0 bridgehead atoms. The van der Waals surface area contributed by atoms with Gasteiger partial charge in [-0.3, -0.25) is 0 Å². The Morgan fingerprint density at radius 1 is 1.15 bits per heavy atom. The van der Waals surface area contributed by atoms with Crippen LogP contribution in [-0.4, -0.2) is 20.3 Å². The highest BCUT2D eigenvalue weighted by atomic mass is 35.5. The van der Waals surface area contributed by atoms with Crippen molar-refractivity contribution in [3.63, 3.8) is 0 Å². The first-order chi connectivity index (χ1) is 12.7. The van der Waals surface area contributed by atoms with Gasteiger partial charge in [0, 0.05) is 11.6 Å². The number of halogens is 1. The molecule has 0 aromatic carbocycles. The van der Waals surface area contributed by atoms with Crippen molar-refractivity contribution in [2.24, 2.45) is 5.73 Å². The minimum atomic E-state index is -0.464. The normalized spacial score (nSPS) is 18.7. The molecule has 27 heavy (non-hydrogen) atoms. The summed E-state index contributed by atoms with van der Waals surface area (Å²) in [6, 6.07) is 2.07. The summed E-state index contributed by atoms with van der Waals surface area (Å²) in [5.74, 6) is 1.60. The maximum atomic E-state index is 6.50. The summed E-state index contributed by atoms with van der Waals surface area (Å²) in [5, 5.41) is 9.35. The molecule has 2 aliphatic carbocycles. The average Bonchev–Trinajstić information content (AvgIpc) is 3.04. The highest BCUT2D eigenvalue weighted by Crippen LogP contribution is 2.43. The van der Waals surface area contributed by atoms with Gasteiger partial charge < -0.3 is 14.8 Å². The Morgan fingerprint density at radius 2 is 1.93 bits per heavy atom. The molecule has 2 fully saturated rings. The van der Waals surface area contributed by atoms with Crippen LogP contribution in [0.2, 0.25) is 0 Å². The number of nitrogens with two attached hydrogens (primary N) is 1. The number of hydrogen-bond donors (Lipinski definition) is 1. The average molecular weight is 390 g/mol. The lowest BCUT2D eigenvalue weighted by molar-refractivity contribution is 0.373. The third kappa shape index (κ3) is 3.12.